The van der Waals surface area contributed by atoms with E-state index in [9.17, 15) is 4.79 Å². The summed E-state index contributed by atoms with van der Waals surface area (Å²) in [6.07, 6.45) is 2.24. The molecular formula is C20H26O6. The van der Waals surface area contributed by atoms with Crippen molar-refractivity contribution in [2.45, 2.75) is 57.6 Å². The Kier molecular flexibility index (Phi) is 6.09. The molecule has 2 aliphatic heterocycles. The first-order valence-electron chi connectivity index (χ1n) is 8.96. The molecule has 0 aromatic heterocycles. The van der Waals surface area contributed by atoms with Crippen LogP contribution in [0.2, 0.25) is 0 Å². The largest absolute Gasteiger partial charge is 0.463 e. The lowest BCUT2D eigenvalue weighted by molar-refractivity contribution is -0.160. The first-order valence-corrected chi connectivity index (χ1v) is 8.96. The van der Waals surface area contributed by atoms with Crippen LogP contribution in [-0.4, -0.2) is 49.4 Å². The number of hydrogen-bond acceptors (Lipinski definition) is 6. The topological polar surface area (TPSA) is 66.5 Å². The molecule has 0 N–H and O–H groups in total. The van der Waals surface area contributed by atoms with Crippen molar-refractivity contribution in [2.24, 2.45) is 0 Å². The molecule has 0 amide bonds. The lowest BCUT2D eigenvalue weighted by Gasteiger charge is -2.23. The molecule has 26 heavy (non-hydrogen) atoms. The number of rotatable bonds is 8. The maximum absolute atomic E-state index is 11.5. The molecule has 2 aliphatic rings. The summed E-state index contributed by atoms with van der Waals surface area (Å²) in [5.41, 5.74) is 1.08. The van der Waals surface area contributed by atoms with Gasteiger partial charge in [0, 0.05) is 6.08 Å². The molecule has 0 spiro atoms. The van der Waals surface area contributed by atoms with Gasteiger partial charge in [0.2, 0.25) is 0 Å². The van der Waals surface area contributed by atoms with E-state index in [2.05, 4.69) is 0 Å². The van der Waals surface area contributed by atoms with Crippen LogP contribution in [0.5, 0.6) is 0 Å². The minimum Gasteiger partial charge on any atom is -0.463 e. The standard InChI is InChI=1S/C20H26O6/c1-4-22-17(21)11-10-15-19(25-15)18(16-13-24-20(2,3)26-16)23-12-14-8-6-5-7-9-14/h5-11,15-16,18-19H,4,12-13H2,1-3H3/b11-10+/t15-,16+,18+,19-/m1/s1. The molecule has 1 aromatic rings. The summed E-state index contributed by atoms with van der Waals surface area (Å²) in [5.74, 6) is -1.01. The van der Waals surface area contributed by atoms with Gasteiger partial charge in [-0.2, -0.15) is 0 Å². The van der Waals surface area contributed by atoms with Crippen LogP contribution < -0.4 is 0 Å². The van der Waals surface area contributed by atoms with Gasteiger partial charge in [0.05, 0.1) is 19.8 Å². The summed E-state index contributed by atoms with van der Waals surface area (Å²) in [6, 6.07) is 9.95. The van der Waals surface area contributed by atoms with Crippen molar-refractivity contribution in [1.82, 2.24) is 0 Å². The predicted molar refractivity (Wildman–Crippen MR) is 94.4 cm³/mol. The van der Waals surface area contributed by atoms with E-state index in [-0.39, 0.29) is 30.4 Å². The first kappa shape index (κ1) is 19.0. The van der Waals surface area contributed by atoms with Crippen LogP contribution in [0.25, 0.3) is 0 Å². The molecule has 0 bridgehead atoms. The molecule has 0 aliphatic carbocycles. The van der Waals surface area contributed by atoms with Crippen molar-refractivity contribution in [3.8, 4) is 0 Å². The fraction of sp³-hybridized carbons (Fsp3) is 0.550. The van der Waals surface area contributed by atoms with E-state index in [1.165, 1.54) is 6.08 Å². The minimum absolute atomic E-state index is 0.174. The van der Waals surface area contributed by atoms with Gasteiger partial charge in [-0.25, -0.2) is 4.79 Å². The third kappa shape index (κ3) is 5.14. The van der Waals surface area contributed by atoms with Crippen LogP contribution in [0, 0.1) is 0 Å². The summed E-state index contributed by atoms with van der Waals surface area (Å²) in [6.45, 7) is 6.79. The number of esters is 1. The van der Waals surface area contributed by atoms with Crippen LogP contribution in [0.4, 0.5) is 0 Å². The molecule has 6 nitrogen and oxygen atoms in total. The minimum atomic E-state index is -0.635. The number of ether oxygens (including phenoxy) is 5. The highest BCUT2D eigenvalue weighted by Gasteiger charge is 2.51. The van der Waals surface area contributed by atoms with E-state index in [0.29, 0.717) is 19.8 Å². The highest BCUT2D eigenvalue weighted by atomic mass is 16.8. The number of carbonyl (C=O) groups excluding carboxylic acids is 1. The van der Waals surface area contributed by atoms with Gasteiger partial charge in [-0.3, -0.25) is 0 Å². The number of carbonyl (C=O) groups is 1. The fourth-order valence-corrected chi connectivity index (χ4v) is 2.98. The Balaban J connectivity index is 1.61. The van der Waals surface area contributed by atoms with Crippen LogP contribution in [0.15, 0.2) is 42.5 Å². The van der Waals surface area contributed by atoms with Crippen LogP contribution in [0.1, 0.15) is 26.3 Å². The van der Waals surface area contributed by atoms with Crippen molar-refractivity contribution >= 4 is 5.97 Å². The van der Waals surface area contributed by atoms with Gasteiger partial charge in [0.25, 0.3) is 0 Å². The van der Waals surface area contributed by atoms with Gasteiger partial charge in [0.15, 0.2) is 5.79 Å². The van der Waals surface area contributed by atoms with Crippen LogP contribution in [-0.2, 0) is 35.1 Å². The number of epoxide rings is 1. The second-order valence-electron chi connectivity index (χ2n) is 6.80. The monoisotopic (exact) mass is 362 g/mol. The average Bonchev–Trinajstić information content (AvgIpc) is 3.29. The maximum atomic E-state index is 11.5. The Bertz CT molecular complexity index is 626. The SMILES string of the molecule is CCOC(=O)/C=C/[C@H]1O[C@H]1[C@@H](OCc1ccccc1)[C@@H]1COC(C)(C)O1. The Labute approximate surface area is 154 Å². The Morgan fingerprint density at radius 2 is 2.12 bits per heavy atom. The van der Waals surface area contributed by atoms with Gasteiger partial charge >= 0.3 is 5.97 Å². The van der Waals surface area contributed by atoms with Gasteiger partial charge in [0.1, 0.15) is 24.4 Å². The molecule has 4 atom stereocenters. The predicted octanol–water partition coefficient (Wildman–Crippen LogP) is 2.61. The second-order valence-corrected chi connectivity index (χ2v) is 6.80. The molecular weight excluding hydrogens is 336 g/mol. The van der Waals surface area contributed by atoms with Gasteiger partial charge in [-0.1, -0.05) is 30.3 Å². The zero-order valence-electron chi connectivity index (χ0n) is 15.4. The third-order valence-electron chi connectivity index (χ3n) is 4.28. The van der Waals surface area contributed by atoms with Crippen molar-refractivity contribution in [1.29, 1.82) is 0 Å². The smallest absolute Gasteiger partial charge is 0.330 e. The van der Waals surface area contributed by atoms with E-state index < -0.39 is 5.79 Å². The van der Waals surface area contributed by atoms with Crippen LogP contribution >= 0.6 is 0 Å². The van der Waals surface area contributed by atoms with E-state index in [1.54, 1.807) is 13.0 Å². The molecule has 2 heterocycles. The normalized spacial score (nSPS) is 28.2. The van der Waals surface area contributed by atoms with Crippen molar-refractivity contribution in [3.63, 3.8) is 0 Å². The van der Waals surface area contributed by atoms with Crippen molar-refractivity contribution in [3.05, 3.63) is 48.0 Å². The molecule has 0 unspecified atom stereocenters. The molecule has 0 radical (unpaired) electrons. The molecule has 2 fully saturated rings. The summed E-state index contributed by atoms with van der Waals surface area (Å²) >= 11 is 0. The summed E-state index contributed by atoms with van der Waals surface area (Å²) in [7, 11) is 0. The Morgan fingerprint density at radius 3 is 2.77 bits per heavy atom. The summed E-state index contributed by atoms with van der Waals surface area (Å²) < 4.78 is 28.4. The number of benzene rings is 1. The van der Waals surface area contributed by atoms with E-state index in [0.717, 1.165) is 5.56 Å². The number of hydrogen-bond donors (Lipinski definition) is 0. The van der Waals surface area contributed by atoms with Gasteiger partial charge in [-0.05, 0) is 32.4 Å². The van der Waals surface area contributed by atoms with Gasteiger partial charge < -0.3 is 23.7 Å². The quantitative estimate of drug-likeness (QED) is 0.402. The first-order chi connectivity index (χ1) is 12.5. The fourth-order valence-electron chi connectivity index (χ4n) is 2.98. The van der Waals surface area contributed by atoms with E-state index >= 15 is 0 Å². The molecule has 0 saturated carbocycles. The average molecular weight is 362 g/mol. The van der Waals surface area contributed by atoms with E-state index in [4.69, 9.17) is 23.7 Å². The highest BCUT2D eigenvalue weighted by molar-refractivity contribution is 5.82. The van der Waals surface area contributed by atoms with E-state index in [1.807, 2.05) is 44.2 Å². The Hall–Kier alpha value is -1.73. The van der Waals surface area contributed by atoms with Crippen LogP contribution in [0.3, 0.4) is 0 Å². The molecule has 6 heteroatoms. The lowest BCUT2D eigenvalue weighted by atomic mass is 10.1. The third-order valence-corrected chi connectivity index (χ3v) is 4.28. The van der Waals surface area contributed by atoms with Crippen molar-refractivity contribution < 1.29 is 28.5 Å². The molecule has 3 rings (SSSR count). The molecule has 2 saturated heterocycles. The summed E-state index contributed by atoms with van der Waals surface area (Å²) in [5, 5.41) is 0. The summed E-state index contributed by atoms with van der Waals surface area (Å²) in [4.78, 5) is 11.5. The maximum Gasteiger partial charge on any atom is 0.330 e. The highest BCUT2D eigenvalue weighted by Crippen LogP contribution is 2.35. The lowest BCUT2D eigenvalue weighted by Crippen LogP contribution is -2.37. The van der Waals surface area contributed by atoms with Gasteiger partial charge in [-0.15, -0.1) is 0 Å². The molecule has 1 aromatic carbocycles. The Morgan fingerprint density at radius 1 is 1.35 bits per heavy atom. The second kappa shape index (κ2) is 8.31. The molecule has 142 valence electrons. The zero-order valence-corrected chi connectivity index (χ0v) is 15.4. The van der Waals surface area contributed by atoms with Crippen molar-refractivity contribution in [2.75, 3.05) is 13.2 Å². The zero-order chi connectivity index (χ0) is 18.6.